The third kappa shape index (κ3) is 2.07. The van der Waals surface area contributed by atoms with Crippen molar-refractivity contribution in [1.29, 1.82) is 0 Å². The molecular formula is C8H13F2N3O2S. The lowest BCUT2D eigenvalue weighted by Crippen LogP contribution is -2.39. The zero-order valence-electron chi connectivity index (χ0n) is 8.89. The average molecular weight is 253 g/mol. The fourth-order valence-corrected chi connectivity index (χ4v) is 2.29. The van der Waals surface area contributed by atoms with Crippen molar-refractivity contribution in [2.45, 2.75) is 30.0 Å². The van der Waals surface area contributed by atoms with Gasteiger partial charge in [-0.05, 0) is 13.8 Å². The van der Waals surface area contributed by atoms with Crippen molar-refractivity contribution in [3.8, 4) is 0 Å². The van der Waals surface area contributed by atoms with E-state index in [1.165, 1.54) is 13.8 Å². The van der Waals surface area contributed by atoms with Crippen LogP contribution in [-0.4, -0.2) is 29.5 Å². The van der Waals surface area contributed by atoms with E-state index in [1.54, 1.807) is 0 Å². The molecule has 0 radical (unpaired) electrons. The number of rotatable bonds is 4. The molecule has 1 aromatic rings. The summed E-state index contributed by atoms with van der Waals surface area (Å²) < 4.78 is 47.4. The number of hydrogen-bond acceptors (Lipinski definition) is 4. The first-order chi connectivity index (χ1) is 7.22. The maximum absolute atomic E-state index is 12.2. The molecule has 0 unspecified atom stereocenters. The van der Waals surface area contributed by atoms with Gasteiger partial charge in [-0.25, -0.2) is 13.1 Å². The van der Waals surface area contributed by atoms with Crippen LogP contribution < -0.4 is 5.73 Å². The molecule has 0 amide bonds. The Morgan fingerprint density at radius 2 is 2.12 bits per heavy atom. The zero-order chi connectivity index (χ0) is 12.6. The highest BCUT2D eigenvalue weighted by Crippen LogP contribution is 2.24. The Labute approximate surface area is 92.2 Å². The molecule has 1 heterocycles. The molecule has 0 saturated carbocycles. The lowest BCUT2D eigenvalue weighted by atomic mass is 10.2. The van der Waals surface area contributed by atoms with Gasteiger partial charge in [0.05, 0.1) is 10.9 Å². The van der Waals surface area contributed by atoms with Crippen LogP contribution in [0.5, 0.6) is 0 Å². The molecule has 0 aliphatic heterocycles. The van der Waals surface area contributed by atoms with Crippen LogP contribution in [0.25, 0.3) is 0 Å². The standard InChI is InChI=1S/C8H13F2N3O2S/c1-8(2,5-11)16(14,15)6-3-12-13(4-6)7(9)10/h3-4,7H,5,11H2,1-2H3. The van der Waals surface area contributed by atoms with Crippen molar-refractivity contribution in [3.63, 3.8) is 0 Å². The fraction of sp³-hybridized carbons (Fsp3) is 0.625. The summed E-state index contributed by atoms with van der Waals surface area (Å²) in [5.74, 6) is 0. The van der Waals surface area contributed by atoms with E-state index in [-0.39, 0.29) is 11.4 Å². The maximum atomic E-state index is 12.2. The molecule has 16 heavy (non-hydrogen) atoms. The molecule has 0 aromatic carbocycles. The SMILES string of the molecule is CC(C)(CN)S(=O)(=O)c1cnn(C(F)F)c1. The summed E-state index contributed by atoms with van der Waals surface area (Å²) in [6.45, 7) is -0.0934. The van der Waals surface area contributed by atoms with Gasteiger partial charge in [0.2, 0.25) is 0 Å². The Balaban J connectivity index is 3.18. The summed E-state index contributed by atoms with van der Waals surface area (Å²) in [7, 11) is -3.74. The van der Waals surface area contributed by atoms with Crippen molar-refractivity contribution in [2.24, 2.45) is 5.73 Å². The Morgan fingerprint density at radius 3 is 2.50 bits per heavy atom. The molecule has 92 valence electrons. The van der Waals surface area contributed by atoms with Crippen LogP contribution in [0.15, 0.2) is 17.3 Å². The summed E-state index contributed by atoms with van der Waals surface area (Å²) in [5.41, 5.74) is 5.34. The van der Waals surface area contributed by atoms with Crippen molar-refractivity contribution in [2.75, 3.05) is 6.54 Å². The molecule has 8 heteroatoms. The van der Waals surface area contributed by atoms with E-state index in [9.17, 15) is 17.2 Å². The average Bonchev–Trinajstić information content (AvgIpc) is 2.66. The number of halogens is 2. The van der Waals surface area contributed by atoms with E-state index in [0.717, 1.165) is 12.4 Å². The third-order valence-corrected chi connectivity index (χ3v) is 4.76. The van der Waals surface area contributed by atoms with Crippen LogP contribution >= 0.6 is 0 Å². The van der Waals surface area contributed by atoms with Crippen LogP contribution in [0.4, 0.5) is 8.78 Å². The van der Waals surface area contributed by atoms with Gasteiger partial charge >= 0.3 is 6.55 Å². The van der Waals surface area contributed by atoms with E-state index in [0.29, 0.717) is 4.68 Å². The second-order valence-electron chi connectivity index (χ2n) is 3.90. The predicted octanol–water partition coefficient (Wildman–Crippen LogP) is 0.789. The minimum atomic E-state index is -3.74. The van der Waals surface area contributed by atoms with Crippen LogP contribution in [0.1, 0.15) is 20.4 Å². The van der Waals surface area contributed by atoms with Gasteiger partial charge in [-0.1, -0.05) is 0 Å². The third-order valence-electron chi connectivity index (χ3n) is 2.31. The Morgan fingerprint density at radius 1 is 1.56 bits per heavy atom. The molecule has 0 saturated heterocycles. The first-order valence-electron chi connectivity index (χ1n) is 4.49. The Hall–Kier alpha value is -1.02. The van der Waals surface area contributed by atoms with E-state index < -0.39 is 21.1 Å². The van der Waals surface area contributed by atoms with Gasteiger partial charge in [0.1, 0.15) is 4.90 Å². The summed E-state index contributed by atoms with van der Waals surface area (Å²) in [6, 6.07) is 0. The van der Waals surface area contributed by atoms with Crippen LogP contribution in [0, 0.1) is 0 Å². The lowest BCUT2D eigenvalue weighted by Gasteiger charge is -2.21. The number of nitrogens with two attached hydrogens (primary N) is 1. The highest BCUT2D eigenvalue weighted by molar-refractivity contribution is 7.92. The molecule has 1 rings (SSSR count). The molecular weight excluding hydrogens is 240 g/mol. The largest absolute Gasteiger partial charge is 0.333 e. The van der Waals surface area contributed by atoms with Gasteiger partial charge < -0.3 is 5.73 Å². The normalized spacial score (nSPS) is 13.4. The van der Waals surface area contributed by atoms with Gasteiger partial charge in [-0.15, -0.1) is 0 Å². The summed E-state index contributed by atoms with van der Waals surface area (Å²) in [4.78, 5) is -0.247. The minimum Gasteiger partial charge on any atom is -0.329 e. The molecule has 0 aliphatic carbocycles. The highest BCUT2D eigenvalue weighted by Gasteiger charge is 2.35. The van der Waals surface area contributed by atoms with Crippen LogP contribution in [0.3, 0.4) is 0 Å². The molecule has 0 aliphatic rings. The molecule has 0 atom stereocenters. The number of hydrogen-bond donors (Lipinski definition) is 1. The molecule has 2 N–H and O–H groups in total. The highest BCUT2D eigenvalue weighted by atomic mass is 32.2. The lowest BCUT2D eigenvalue weighted by molar-refractivity contribution is 0.0564. The summed E-state index contributed by atoms with van der Waals surface area (Å²) in [6.07, 6.45) is 1.70. The molecule has 0 spiro atoms. The smallest absolute Gasteiger partial charge is 0.329 e. The van der Waals surface area contributed by atoms with Crippen molar-refractivity contribution in [1.82, 2.24) is 9.78 Å². The predicted molar refractivity (Wildman–Crippen MR) is 53.8 cm³/mol. The molecule has 1 aromatic heterocycles. The van der Waals surface area contributed by atoms with Gasteiger partial charge in [-0.2, -0.15) is 13.9 Å². The monoisotopic (exact) mass is 253 g/mol. The summed E-state index contributed by atoms with van der Waals surface area (Å²) in [5, 5.41) is 3.28. The second kappa shape index (κ2) is 4.10. The van der Waals surface area contributed by atoms with Crippen LogP contribution in [-0.2, 0) is 9.84 Å². The van der Waals surface area contributed by atoms with Gasteiger partial charge in [0.15, 0.2) is 9.84 Å². The second-order valence-corrected chi connectivity index (χ2v) is 6.48. The zero-order valence-corrected chi connectivity index (χ0v) is 9.71. The van der Waals surface area contributed by atoms with Crippen molar-refractivity contribution in [3.05, 3.63) is 12.4 Å². The Kier molecular flexibility index (Phi) is 3.34. The molecule has 5 nitrogen and oxygen atoms in total. The number of aromatic nitrogens is 2. The number of nitrogens with zero attached hydrogens (tertiary/aromatic N) is 2. The first kappa shape index (κ1) is 13.0. The van der Waals surface area contributed by atoms with Gasteiger partial charge in [-0.3, -0.25) is 0 Å². The first-order valence-corrected chi connectivity index (χ1v) is 5.97. The van der Waals surface area contributed by atoms with E-state index in [2.05, 4.69) is 5.10 Å². The number of alkyl halides is 2. The van der Waals surface area contributed by atoms with Crippen LogP contribution in [0.2, 0.25) is 0 Å². The number of sulfone groups is 1. The van der Waals surface area contributed by atoms with E-state index in [1.807, 2.05) is 0 Å². The Bertz CT molecular complexity index is 467. The van der Waals surface area contributed by atoms with Crippen molar-refractivity contribution >= 4 is 9.84 Å². The molecule has 0 bridgehead atoms. The van der Waals surface area contributed by atoms with E-state index in [4.69, 9.17) is 5.73 Å². The van der Waals surface area contributed by atoms with E-state index >= 15 is 0 Å². The molecule has 0 fully saturated rings. The maximum Gasteiger partial charge on any atom is 0.333 e. The van der Waals surface area contributed by atoms with Gasteiger partial charge in [0.25, 0.3) is 0 Å². The minimum absolute atomic E-state index is 0.102. The quantitative estimate of drug-likeness (QED) is 0.860. The summed E-state index contributed by atoms with van der Waals surface area (Å²) >= 11 is 0. The van der Waals surface area contributed by atoms with Gasteiger partial charge in [0, 0.05) is 12.7 Å². The fourth-order valence-electron chi connectivity index (χ4n) is 0.995. The topological polar surface area (TPSA) is 78.0 Å². The van der Waals surface area contributed by atoms with Crippen molar-refractivity contribution < 1.29 is 17.2 Å².